The molecule has 0 aliphatic rings. The van der Waals surface area contributed by atoms with E-state index in [1.807, 2.05) is 37.3 Å². The van der Waals surface area contributed by atoms with E-state index in [1.54, 1.807) is 18.2 Å². The van der Waals surface area contributed by atoms with Crippen molar-refractivity contribution in [3.05, 3.63) is 71.5 Å². The Labute approximate surface area is 136 Å². The van der Waals surface area contributed by atoms with Gasteiger partial charge in [0.05, 0.1) is 12.5 Å². The molecule has 1 atom stereocenters. The van der Waals surface area contributed by atoms with Crippen molar-refractivity contribution < 1.29 is 13.9 Å². The molecule has 2 aromatic carbocycles. The van der Waals surface area contributed by atoms with Gasteiger partial charge in [-0.05, 0) is 30.5 Å². The first kappa shape index (κ1) is 17.2. The number of hydrogen-bond donors (Lipinski definition) is 1. The van der Waals surface area contributed by atoms with Crippen molar-refractivity contribution in [3.63, 3.8) is 0 Å². The van der Waals surface area contributed by atoms with Crippen LogP contribution in [0.25, 0.3) is 0 Å². The first-order valence-electron chi connectivity index (χ1n) is 7.83. The molecule has 23 heavy (non-hydrogen) atoms. The summed E-state index contributed by atoms with van der Waals surface area (Å²) in [6.45, 7) is 3.09. The number of benzene rings is 2. The molecule has 1 unspecified atom stereocenters. The molecule has 0 aromatic heterocycles. The van der Waals surface area contributed by atoms with Crippen LogP contribution >= 0.6 is 0 Å². The van der Waals surface area contributed by atoms with Gasteiger partial charge in [-0.25, -0.2) is 4.39 Å². The van der Waals surface area contributed by atoms with Gasteiger partial charge in [-0.3, -0.25) is 4.79 Å². The number of halogens is 1. The van der Waals surface area contributed by atoms with Crippen molar-refractivity contribution in [2.75, 3.05) is 13.2 Å². The van der Waals surface area contributed by atoms with Crippen LogP contribution in [0.5, 0.6) is 0 Å². The van der Waals surface area contributed by atoms with Crippen molar-refractivity contribution in [2.45, 2.75) is 25.9 Å². The monoisotopic (exact) mass is 315 g/mol. The second-order valence-corrected chi connectivity index (χ2v) is 5.40. The molecule has 0 saturated heterocycles. The topological polar surface area (TPSA) is 38.3 Å². The summed E-state index contributed by atoms with van der Waals surface area (Å²) < 4.78 is 19.2. The van der Waals surface area contributed by atoms with Crippen molar-refractivity contribution in [3.8, 4) is 0 Å². The second-order valence-electron chi connectivity index (χ2n) is 5.40. The van der Waals surface area contributed by atoms with Gasteiger partial charge >= 0.3 is 0 Å². The van der Waals surface area contributed by atoms with Crippen LogP contribution in [0.15, 0.2) is 54.6 Å². The molecule has 1 N–H and O–H groups in total. The molecule has 0 fully saturated rings. The van der Waals surface area contributed by atoms with E-state index in [4.69, 9.17) is 4.74 Å². The SMILES string of the molecule is CC(OCCCNC(=O)Cc1ccccc1F)c1ccccc1. The van der Waals surface area contributed by atoms with Gasteiger partial charge in [0, 0.05) is 13.2 Å². The first-order valence-corrected chi connectivity index (χ1v) is 7.83. The largest absolute Gasteiger partial charge is 0.374 e. The Bertz CT molecular complexity index is 616. The summed E-state index contributed by atoms with van der Waals surface area (Å²) in [5.74, 6) is -0.520. The molecule has 0 aliphatic heterocycles. The van der Waals surface area contributed by atoms with Crippen molar-refractivity contribution in [1.82, 2.24) is 5.32 Å². The number of amides is 1. The molecule has 122 valence electrons. The van der Waals surface area contributed by atoms with Crippen molar-refractivity contribution >= 4 is 5.91 Å². The van der Waals surface area contributed by atoms with E-state index in [-0.39, 0.29) is 24.2 Å². The molecule has 0 aliphatic carbocycles. The average Bonchev–Trinajstić information content (AvgIpc) is 2.57. The van der Waals surface area contributed by atoms with E-state index in [0.29, 0.717) is 18.7 Å². The van der Waals surface area contributed by atoms with E-state index in [2.05, 4.69) is 5.32 Å². The van der Waals surface area contributed by atoms with E-state index >= 15 is 0 Å². The molecule has 0 radical (unpaired) electrons. The van der Waals surface area contributed by atoms with Gasteiger partial charge in [-0.15, -0.1) is 0 Å². The first-order chi connectivity index (χ1) is 11.2. The highest BCUT2D eigenvalue weighted by Gasteiger charge is 2.07. The maximum atomic E-state index is 13.4. The van der Waals surface area contributed by atoms with E-state index in [9.17, 15) is 9.18 Å². The van der Waals surface area contributed by atoms with Crippen LogP contribution in [-0.4, -0.2) is 19.1 Å². The fourth-order valence-electron chi connectivity index (χ4n) is 2.26. The third-order valence-corrected chi connectivity index (χ3v) is 3.59. The van der Waals surface area contributed by atoms with Crippen LogP contribution < -0.4 is 5.32 Å². The summed E-state index contributed by atoms with van der Waals surface area (Å²) >= 11 is 0. The van der Waals surface area contributed by atoms with Crippen LogP contribution in [0.2, 0.25) is 0 Å². The summed E-state index contributed by atoms with van der Waals surface area (Å²) in [7, 11) is 0. The molecule has 0 heterocycles. The lowest BCUT2D eigenvalue weighted by Crippen LogP contribution is -2.27. The van der Waals surface area contributed by atoms with Gasteiger partial charge in [0.1, 0.15) is 5.82 Å². The smallest absolute Gasteiger partial charge is 0.224 e. The van der Waals surface area contributed by atoms with Gasteiger partial charge in [0.2, 0.25) is 5.91 Å². The third-order valence-electron chi connectivity index (χ3n) is 3.59. The highest BCUT2D eigenvalue weighted by atomic mass is 19.1. The highest BCUT2D eigenvalue weighted by Crippen LogP contribution is 2.15. The quantitative estimate of drug-likeness (QED) is 0.755. The number of hydrogen-bond acceptors (Lipinski definition) is 2. The number of nitrogens with one attached hydrogen (secondary N) is 1. The number of ether oxygens (including phenoxy) is 1. The van der Waals surface area contributed by atoms with Gasteiger partial charge in [0.25, 0.3) is 0 Å². The molecule has 4 heteroatoms. The molecule has 0 spiro atoms. The maximum absolute atomic E-state index is 13.4. The Kier molecular flexibility index (Phi) is 6.76. The Hall–Kier alpha value is -2.20. The average molecular weight is 315 g/mol. The summed E-state index contributed by atoms with van der Waals surface area (Å²) in [5, 5.41) is 2.79. The molecule has 2 rings (SSSR count). The van der Waals surface area contributed by atoms with E-state index in [0.717, 1.165) is 12.0 Å². The fourth-order valence-corrected chi connectivity index (χ4v) is 2.26. The standard InChI is InChI=1S/C19H22FNO2/c1-15(16-8-3-2-4-9-16)23-13-7-12-21-19(22)14-17-10-5-6-11-18(17)20/h2-6,8-11,15H,7,12-14H2,1H3,(H,21,22). The minimum absolute atomic E-state index is 0.0327. The molecule has 3 nitrogen and oxygen atoms in total. The molecule has 0 saturated carbocycles. The number of carbonyl (C=O) groups is 1. The lowest BCUT2D eigenvalue weighted by atomic mass is 10.1. The normalized spacial score (nSPS) is 11.9. The minimum atomic E-state index is -0.345. The van der Waals surface area contributed by atoms with Crippen LogP contribution in [0, 0.1) is 5.82 Å². The predicted octanol–water partition coefficient (Wildman–Crippen LogP) is 3.65. The summed E-state index contributed by atoms with van der Waals surface area (Å²) in [4.78, 5) is 11.8. The van der Waals surface area contributed by atoms with Gasteiger partial charge in [0.15, 0.2) is 0 Å². The van der Waals surface area contributed by atoms with Crippen LogP contribution in [0.1, 0.15) is 30.6 Å². The van der Waals surface area contributed by atoms with Crippen LogP contribution in [0.3, 0.4) is 0 Å². The zero-order valence-corrected chi connectivity index (χ0v) is 13.3. The second kappa shape index (κ2) is 9.06. The lowest BCUT2D eigenvalue weighted by Gasteiger charge is -2.13. The van der Waals surface area contributed by atoms with Crippen molar-refractivity contribution in [2.24, 2.45) is 0 Å². The van der Waals surface area contributed by atoms with Gasteiger partial charge in [-0.2, -0.15) is 0 Å². The summed E-state index contributed by atoms with van der Waals surface area (Å²) in [6.07, 6.45) is 0.819. The molecule has 0 bridgehead atoms. The summed E-state index contributed by atoms with van der Waals surface area (Å²) in [5.41, 5.74) is 1.55. The van der Waals surface area contributed by atoms with Crippen LogP contribution in [0.4, 0.5) is 4.39 Å². The van der Waals surface area contributed by atoms with E-state index in [1.165, 1.54) is 6.07 Å². The zero-order valence-electron chi connectivity index (χ0n) is 13.3. The Morgan fingerprint density at radius 1 is 1.13 bits per heavy atom. The molecular weight excluding hydrogens is 293 g/mol. The number of carbonyl (C=O) groups excluding carboxylic acids is 1. The zero-order chi connectivity index (χ0) is 16.5. The lowest BCUT2D eigenvalue weighted by molar-refractivity contribution is -0.120. The predicted molar refractivity (Wildman–Crippen MR) is 88.5 cm³/mol. The van der Waals surface area contributed by atoms with Crippen molar-refractivity contribution in [1.29, 1.82) is 0 Å². The minimum Gasteiger partial charge on any atom is -0.374 e. The van der Waals surface area contributed by atoms with Crippen LogP contribution in [-0.2, 0) is 16.0 Å². The Morgan fingerprint density at radius 2 is 1.83 bits per heavy atom. The van der Waals surface area contributed by atoms with Gasteiger partial charge in [-0.1, -0.05) is 48.5 Å². The molecule has 2 aromatic rings. The molecule has 1 amide bonds. The summed E-state index contributed by atoms with van der Waals surface area (Å²) in [6, 6.07) is 16.3. The Morgan fingerprint density at radius 3 is 2.57 bits per heavy atom. The molecular formula is C19H22FNO2. The Balaban J connectivity index is 1.62. The fraction of sp³-hybridized carbons (Fsp3) is 0.316. The van der Waals surface area contributed by atoms with E-state index < -0.39 is 0 Å². The third kappa shape index (κ3) is 5.83. The maximum Gasteiger partial charge on any atom is 0.224 e. The number of rotatable bonds is 8. The highest BCUT2D eigenvalue weighted by molar-refractivity contribution is 5.78. The van der Waals surface area contributed by atoms with Gasteiger partial charge < -0.3 is 10.1 Å².